The highest BCUT2D eigenvalue weighted by atomic mass is 35.5. The minimum absolute atomic E-state index is 0.0335. The van der Waals surface area contributed by atoms with Gasteiger partial charge in [0, 0.05) is 16.7 Å². The Morgan fingerprint density at radius 1 is 1.26 bits per heavy atom. The van der Waals surface area contributed by atoms with E-state index in [1.807, 2.05) is 13.0 Å². The number of hydrogen-bond acceptors (Lipinski definition) is 6. The largest absolute Gasteiger partial charge is 0.457 e. The average molecular weight is 485 g/mol. The Hall–Kier alpha value is -2.18. The molecular weight excluding hydrogens is 456 g/mol. The van der Waals surface area contributed by atoms with E-state index >= 15 is 0 Å². The number of Topliss-reactive ketones (excluding diaryl/α,β-unsaturated/α-hetero) is 1. The van der Waals surface area contributed by atoms with Crippen molar-refractivity contribution in [2.45, 2.75) is 63.8 Å². The summed E-state index contributed by atoms with van der Waals surface area (Å²) in [7, 11) is 0. The molecule has 5 aliphatic rings. The van der Waals surface area contributed by atoms with E-state index in [0.717, 1.165) is 24.8 Å². The van der Waals surface area contributed by atoms with Crippen LogP contribution < -0.4 is 0 Å². The lowest BCUT2D eigenvalue weighted by atomic mass is 9.46. The number of furan rings is 1. The molecule has 0 radical (unpaired) electrons. The molecule has 3 saturated carbocycles. The highest BCUT2D eigenvalue weighted by molar-refractivity contribution is 6.29. The van der Waals surface area contributed by atoms with Gasteiger partial charge in [-0.05, 0) is 68.7 Å². The monoisotopic (exact) mass is 484 g/mol. The quantitative estimate of drug-likeness (QED) is 0.351. The van der Waals surface area contributed by atoms with Gasteiger partial charge >= 0.3 is 5.97 Å². The van der Waals surface area contributed by atoms with E-state index in [0.29, 0.717) is 6.42 Å². The van der Waals surface area contributed by atoms with E-state index in [2.05, 4.69) is 13.8 Å². The maximum atomic E-state index is 13.6. The summed E-state index contributed by atoms with van der Waals surface area (Å²) in [6, 6.07) is 3.17. The fraction of sp³-hybridized carbons (Fsp3) is 0.593. The Morgan fingerprint density at radius 3 is 2.76 bits per heavy atom. The first-order valence-corrected chi connectivity index (χ1v) is 12.7. The van der Waals surface area contributed by atoms with Gasteiger partial charge < -0.3 is 13.9 Å². The number of esters is 1. The minimum Gasteiger partial charge on any atom is -0.457 e. The fourth-order valence-corrected chi connectivity index (χ4v) is 8.73. The molecule has 7 heteroatoms. The Balaban J connectivity index is 1.43. The molecule has 180 valence electrons. The molecule has 1 saturated heterocycles. The number of ketones is 2. The molecule has 0 aromatic carbocycles. The van der Waals surface area contributed by atoms with E-state index in [1.54, 1.807) is 24.3 Å². The summed E-state index contributed by atoms with van der Waals surface area (Å²) in [5.41, 5.74) is -1.56. The van der Waals surface area contributed by atoms with Gasteiger partial charge in [-0.3, -0.25) is 9.59 Å². The third-order valence-corrected chi connectivity index (χ3v) is 10.2. The lowest BCUT2D eigenvalue weighted by Gasteiger charge is -2.56. The second-order valence-electron chi connectivity index (χ2n) is 11.2. The smallest absolute Gasteiger partial charge is 0.375 e. The Morgan fingerprint density at radius 2 is 2.06 bits per heavy atom. The Kier molecular flexibility index (Phi) is 4.55. The molecule has 1 aromatic rings. The molecule has 6 rings (SSSR count). The molecule has 1 spiro atoms. The lowest BCUT2D eigenvalue weighted by molar-refractivity contribution is -0.162. The van der Waals surface area contributed by atoms with Gasteiger partial charge in [0.1, 0.15) is 5.60 Å². The van der Waals surface area contributed by atoms with Crippen molar-refractivity contribution in [3.05, 3.63) is 48.0 Å². The molecule has 6 nitrogen and oxygen atoms in total. The van der Waals surface area contributed by atoms with Gasteiger partial charge in [0.2, 0.25) is 5.76 Å². The Labute approximate surface area is 203 Å². The van der Waals surface area contributed by atoms with Crippen LogP contribution in [0.4, 0.5) is 0 Å². The highest BCUT2D eigenvalue weighted by Gasteiger charge is 2.82. The van der Waals surface area contributed by atoms with Gasteiger partial charge in [0.25, 0.3) is 0 Å². The number of alkyl halides is 1. The maximum Gasteiger partial charge on any atom is 0.375 e. The van der Waals surface area contributed by atoms with Gasteiger partial charge in [-0.25, -0.2) is 4.79 Å². The zero-order chi connectivity index (χ0) is 24.1. The fourth-order valence-electron chi connectivity index (χ4n) is 8.53. The number of allylic oxidation sites excluding steroid dienone is 2. The average Bonchev–Trinajstić information content (AvgIpc) is 3.17. The van der Waals surface area contributed by atoms with Crippen LogP contribution in [0.2, 0.25) is 0 Å². The number of halogens is 1. The van der Waals surface area contributed by atoms with Crippen molar-refractivity contribution in [1.29, 1.82) is 0 Å². The number of epoxide rings is 1. The van der Waals surface area contributed by atoms with Crippen LogP contribution in [0.1, 0.15) is 57.0 Å². The van der Waals surface area contributed by atoms with Crippen molar-refractivity contribution >= 4 is 29.1 Å². The topological polar surface area (TPSA) is 86.1 Å². The molecule has 4 aliphatic carbocycles. The molecule has 1 unspecified atom stereocenters. The van der Waals surface area contributed by atoms with E-state index in [1.165, 1.54) is 6.26 Å². The first kappa shape index (κ1) is 22.3. The molecule has 1 aliphatic heterocycles. The number of fused-ring (bicyclic) bond motifs is 3. The third-order valence-electron chi connectivity index (χ3n) is 9.99. The van der Waals surface area contributed by atoms with Crippen LogP contribution in [0.5, 0.6) is 0 Å². The van der Waals surface area contributed by atoms with Crippen molar-refractivity contribution in [3.8, 4) is 0 Å². The second-order valence-corrected chi connectivity index (χ2v) is 11.4. The summed E-state index contributed by atoms with van der Waals surface area (Å²) >= 11 is 6.15. The first-order valence-electron chi connectivity index (χ1n) is 12.1. The van der Waals surface area contributed by atoms with Crippen molar-refractivity contribution in [3.63, 3.8) is 0 Å². The molecule has 0 amide bonds. The van der Waals surface area contributed by atoms with Gasteiger partial charge in [-0.2, -0.15) is 0 Å². The van der Waals surface area contributed by atoms with E-state index in [9.17, 15) is 14.4 Å². The van der Waals surface area contributed by atoms with Crippen LogP contribution in [0.25, 0.3) is 0 Å². The SMILES string of the molecule is C[C@@H]1CC2[C@@H]3CCC4=CC(=O)C=C[C@]4(C)[C@]34O[C@H]4C[C@]2(C)[C@]1(OC(=O)c1ccco1)C(=O)CCl. The summed E-state index contributed by atoms with van der Waals surface area (Å²) in [4.78, 5) is 38.8. The number of rotatable bonds is 4. The van der Waals surface area contributed by atoms with Crippen molar-refractivity contribution < 1.29 is 28.3 Å². The summed E-state index contributed by atoms with van der Waals surface area (Å²) in [5.74, 6) is -0.916. The number of ether oxygens (including phenoxy) is 2. The van der Waals surface area contributed by atoms with E-state index in [4.69, 9.17) is 25.5 Å². The van der Waals surface area contributed by atoms with Gasteiger partial charge in [0.05, 0.1) is 18.2 Å². The van der Waals surface area contributed by atoms with Gasteiger partial charge in [-0.1, -0.05) is 25.5 Å². The van der Waals surface area contributed by atoms with E-state index < -0.39 is 17.0 Å². The standard InChI is InChI=1S/C27H29ClO6/c1-15-11-19-18-7-6-16-12-17(29)8-9-24(16,2)27(18)22(33-27)13-25(19,3)26(15,21(30)14-28)34-23(31)20-5-4-10-32-20/h4-5,8-10,12,15,18-19,22H,6-7,11,13-14H2,1-3H3/t15-,18+,19?,22+,24+,25+,26-,27+/m1/s1. The van der Waals surface area contributed by atoms with Crippen LogP contribution >= 0.6 is 11.6 Å². The van der Waals surface area contributed by atoms with Gasteiger partial charge in [0.15, 0.2) is 17.2 Å². The number of carbonyl (C=O) groups is 3. The van der Waals surface area contributed by atoms with Crippen LogP contribution in [0.3, 0.4) is 0 Å². The lowest BCUT2D eigenvalue weighted by Crippen LogP contribution is -2.63. The van der Waals surface area contributed by atoms with Crippen molar-refractivity contribution in [2.75, 3.05) is 5.88 Å². The Bertz CT molecular complexity index is 1150. The summed E-state index contributed by atoms with van der Waals surface area (Å²) in [6.07, 6.45) is 9.84. The third kappa shape index (κ3) is 2.44. The van der Waals surface area contributed by atoms with Crippen molar-refractivity contribution in [2.24, 2.45) is 28.6 Å². The van der Waals surface area contributed by atoms with Crippen molar-refractivity contribution in [1.82, 2.24) is 0 Å². The van der Waals surface area contributed by atoms with Crippen LogP contribution in [-0.4, -0.2) is 40.7 Å². The maximum absolute atomic E-state index is 13.6. The molecule has 1 aromatic heterocycles. The number of hydrogen-bond donors (Lipinski definition) is 0. The summed E-state index contributed by atoms with van der Waals surface area (Å²) in [5, 5.41) is 0. The molecule has 0 bridgehead atoms. The van der Waals surface area contributed by atoms with Gasteiger partial charge in [-0.15, -0.1) is 11.6 Å². The second kappa shape index (κ2) is 6.94. The molecular formula is C27H29ClO6. The minimum atomic E-state index is -1.35. The first-order chi connectivity index (χ1) is 16.1. The van der Waals surface area contributed by atoms with Crippen LogP contribution in [-0.2, 0) is 19.1 Å². The highest BCUT2D eigenvalue weighted by Crippen LogP contribution is 2.77. The zero-order valence-electron chi connectivity index (χ0n) is 19.6. The number of carbonyl (C=O) groups excluding carboxylic acids is 3. The van der Waals surface area contributed by atoms with Crippen LogP contribution in [0, 0.1) is 28.6 Å². The predicted octanol–water partition coefficient (Wildman–Crippen LogP) is 4.67. The van der Waals surface area contributed by atoms with Crippen LogP contribution in [0.15, 0.2) is 46.6 Å². The zero-order valence-corrected chi connectivity index (χ0v) is 20.4. The molecule has 4 fully saturated rings. The molecule has 8 atom stereocenters. The molecule has 34 heavy (non-hydrogen) atoms. The molecule has 2 heterocycles. The molecule has 0 N–H and O–H groups in total. The summed E-state index contributed by atoms with van der Waals surface area (Å²) in [6.45, 7) is 6.27. The normalized spacial score (nSPS) is 46.0. The summed E-state index contributed by atoms with van der Waals surface area (Å²) < 4.78 is 18.0. The van der Waals surface area contributed by atoms with E-state index in [-0.39, 0.29) is 58.1 Å². The predicted molar refractivity (Wildman–Crippen MR) is 123 cm³/mol.